The maximum absolute atomic E-state index is 5.91. The highest BCUT2D eigenvalue weighted by Crippen LogP contribution is 2.43. The van der Waals surface area contributed by atoms with Crippen LogP contribution in [0.1, 0.15) is 50.5 Å². The number of hydrogen-bond acceptors (Lipinski definition) is 4. The van der Waals surface area contributed by atoms with E-state index < -0.39 is 0 Å². The lowest BCUT2D eigenvalue weighted by Crippen LogP contribution is -2.18. The number of rotatable bonds is 4. The third-order valence-corrected chi connectivity index (χ3v) is 3.95. The van der Waals surface area contributed by atoms with Crippen LogP contribution in [0.25, 0.3) is 0 Å². The Morgan fingerprint density at radius 1 is 1.33 bits per heavy atom. The minimum absolute atomic E-state index is 0.358. The summed E-state index contributed by atoms with van der Waals surface area (Å²) in [5.74, 6) is 2.35. The molecule has 18 heavy (non-hydrogen) atoms. The van der Waals surface area contributed by atoms with Gasteiger partial charge in [-0.2, -0.15) is 0 Å². The monoisotopic (exact) mass is 247 g/mol. The van der Waals surface area contributed by atoms with Gasteiger partial charge in [0.25, 0.3) is 0 Å². The third kappa shape index (κ3) is 2.09. The summed E-state index contributed by atoms with van der Waals surface area (Å²) in [4.78, 5) is 9.37. The molecule has 98 valence electrons. The van der Waals surface area contributed by atoms with Gasteiger partial charge < -0.3 is 10.1 Å². The molecule has 0 radical (unpaired) electrons. The number of aromatic nitrogens is 2. The number of hydrogen-bond donors (Lipinski definition) is 1. The molecule has 2 aliphatic heterocycles. The van der Waals surface area contributed by atoms with Crippen molar-refractivity contribution in [2.24, 2.45) is 0 Å². The molecule has 0 spiro atoms. The zero-order valence-corrected chi connectivity index (χ0v) is 11.1. The van der Waals surface area contributed by atoms with E-state index in [0.717, 1.165) is 36.7 Å². The molecule has 4 heteroatoms. The second kappa shape index (κ2) is 4.84. The van der Waals surface area contributed by atoms with E-state index in [1.807, 2.05) is 0 Å². The Kier molecular flexibility index (Phi) is 3.20. The molecule has 0 saturated carbocycles. The van der Waals surface area contributed by atoms with Crippen LogP contribution >= 0.6 is 0 Å². The number of fused-ring (bicyclic) bond motifs is 2. The quantitative estimate of drug-likeness (QED) is 0.888. The zero-order valence-electron chi connectivity index (χ0n) is 11.1. The minimum Gasteiger partial charge on any atom is -0.374 e. The van der Waals surface area contributed by atoms with Crippen LogP contribution < -0.4 is 5.32 Å². The van der Waals surface area contributed by atoms with Crippen molar-refractivity contribution in [3.05, 3.63) is 17.6 Å². The molecule has 1 N–H and O–H groups in total. The highest BCUT2D eigenvalue weighted by atomic mass is 16.5. The molecule has 2 fully saturated rings. The van der Waals surface area contributed by atoms with E-state index in [2.05, 4.69) is 30.2 Å². The molecular formula is C14H21N3O. The van der Waals surface area contributed by atoms with E-state index in [1.54, 1.807) is 0 Å². The first-order valence-corrected chi connectivity index (χ1v) is 7.07. The van der Waals surface area contributed by atoms with Crippen LogP contribution in [0.5, 0.6) is 0 Å². The van der Waals surface area contributed by atoms with Gasteiger partial charge in [0.1, 0.15) is 11.6 Å². The van der Waals surface area contributed by atoms with Gasteiger partial charge in [0.2, 0.25) is 0 Å². The largest absolute Gasteiger partial charge is 0.374 e. The van der Waals surface area contributed by atoms with Crippen molar-refractivity contribution < 1.29 is 4.74 Å². The van der Waals surface area contributed by atoms with Gasteiger partial charge in [0.15, 0.2) is 0 Å². The Hall–Kier alpha value is -1.16. The van der Waals surface area contributed by atoms with Crippen LogP contribution in [0.4, 0.5) is 5.82 Å². The van der Waals surface area contributed by atoms with Crippen molar-refractivity contribution in [2.45, 2.75) is 57.7 Å². The maximum Gasteiger partial charge on any atom is 0.136 e. The maximum atomic E-state index is 5.91. The lowest BCUT2D eigenvalue weighted by molar-refractivity contribution is 0.0998. The highest BCUT2D eigenvalue weighted by Gasteiger charge is 2.43. The van der Waals surface area contributed by atoms with Crippen molar-refractivity contribution in [1.29, 1.82) is 0 Å². The molecule has 1 aromatic rings. The molecule has 0 aromatic carbocycles. The van der Waals surface area contributed by atoms with E-state index in [1.165, 1.54) is 12.8 Å². The van der Waals surface area contributed by atoms with Crippen LogP contribution in [0, 0.1) is 0 Å². The predicted molar refractivity (Wildman–Crippen MR) is 70.8 cm³/mol. The summed E-state index contributed by atoms with van der Waals surface area (Å²) in [5, 5.41) is 3.30. The summed E-state index contributed by atoms with van der Waals surface area (Å²) in [7, 11) is 0. The predicted octanol–water partition coefficient (Wildman–Crippen LogP) is 2.51. The average molecular weight is 247 g/mol. The first-order chi connectivity index (χ1) is 8.80. The second-order valence-corrected chi connectivity index (χ2v) is 5.20. The topological polar surface area (TPSA) is 47.0 Å². The second-order valence-electron chi connectivity index (χ2n) is 5.20. The molecule has 1 aromatic heterocycles. The molecule has 3 atom stereocenters. The first kappa shape index (κ1) is 11.9. The van der Waals surface area contributed by atoms with Gasteiger partial charge in [-0.15, -0.1) is 0 Å². The fourth-order valence-electron chi connectivity index (χ4n) is 3.05. The van der Waals surface area contributed by atoms with Gasteiger partial charge in [0.05, 0.1) is 12.2 Å². The fraction of sp³-hybridized carbons (Fsp3) is 0.714. The van der Waals surface area contributed by atoms with E-state index >= 15 is 0 Å². The van der Waals surface area contributed by atoms with Crippen molar-refractivity contribution in [3.8, 4) is 0 Å². The number of ether oxygens (including phenoxy) is 1. The summed E-state index contributed by atoms with van der Waals surface area (Å²) >= 11 is 0. The van der Waals surface area contributed by atoms with Gasteiger partial charge in [-0.05, 0) is 32.6 Å². The zero-order chi connectivity index (χ0) is 12.5. The van der Waals surface area contributed by atoms with Crippen LogP contribution in [-0.4, -0.2) is 28.7 Å². The van der Waals surface area contributed by atoms with Gasteiger partial charge >= 0.3 is 0 Å². The number of aryl methyl sites for hydroxylation is 1. The average Bonchev–Trinajstić information content (AvgIpc) is 3.01. The molecule has 3 heterocycles. The Balaban J connectivity index is 1.88. The Labute approximate surface area is 108 Å². The minimum atomic E-state index is 0.358. The van der Waals surface area contributed by atoms with Crippen LogP contribution in [0.3, 0.4) is 0 Å². The van der Waals surface area contributed by atoms with Crippen LogP contribution in [0.15, 0.2) is 6.07 Å². The van der Waals surface area contributed by atoms with Crippen molar-refractivity contribution in [2.75, 3.05) is 11.9 Å². The first-order valence-electron chi connectivity index (χ1n) is 7.07. The lowest BCUT2D eigenvalue weighted by Gasteiger charge is -2.18. The Bertz CT molecular complexity index is 435. The van der Waals surface area contributed by atoms with Gasteiger partial charge in [-0.3, -0.25) is 0 Å². The van der Waals surface area contributed by atoms with Gasteiger partial charge in [0, 0.05) is 24.2 Å². The number of nitrogens with one attached hydrogen (secondary N) is 1. The molecule has 3 unspecified atom stereocenters. The lowest BCUT2D eigenvalue weighted by atomic mass is 9.88. The summed E-state index contributed by atoms with van der Waals surface area (Å²) in [6.45, 7) is 5.13. The Morgan fingerprint density at radius 2 is 2.22 bits per heavy atom. The molecule has 0 amide bonds. The number of nitrogens with zero attached hydrogens (tertiary/aromatic N) is 2. The summed E-state index contributed by atoms with van der Waals surface area (Å²) < 4.78 is 5.91. The summed E-state index contributed by atoms with van der Waals surface area (Å²) in [6, 6.07) is 2.06. The van der Waals surface area contributed by atoms with E-state index in [9.17, 15) is 0 Å². The third-order valence-electron chi connectivity index (χ3n) is 3.95. The molecule has 2 aliphatic rings. The summed E-state index contributed by atoms with van der Waals surface area (Å²) in [5.41, 5.74) is 1.12. The SMILES string of the molecule is CCNc1cc(CC)nc(C2CC3CCC2O3)n1. The van der Waals surface area contributed by atoms with E-state index in [4.69, 9.17) is 9.72 Å². The molecule has 0 aliphatic carbocycles. The van der Waals surface area contributed by atoms with Gasteiger partial charge in [-0.25, -0.2) is 9.97 Å². The summed E-state index contributed by atoms with van der Waals surface area (Å²) in [6.07, 6.45) is 5.26. The normalized spacial score (nSPS) is 29.8. The standard InChI is InChI=1S/C14H21N3O/c1-3-9-7-13(15-4-2)17-14(16-9)11-8-10-5-6-12(11)18-10/h7,10-12H,3-6,8H2,1-2H3,(H,15,16,17). The molecule has 2 bridgehead atoms. The molecular weight excluding hydrogens is 226 g/mol. The fourth-order valence-corrected chi connectivity index (χ4v) is 3.05. The van der Waals surface area contributed by atoms with E-state index in [-0.39, 0.29) is 0 Å². The molecule has 4 nitrogen and oxygen atoms in total. The van der Waals surface area contributed by atoms with Gasteiger partial charge in [-0.1, -0.05) is 6.92 Å². The smallest absolute Gasteiger partial charge is 0.136 e. The highest BCUT2D eigenvalue weighted by molar-refractivity contribution is 5.36. The Morgan fingerprint density at radius 3 is 2.83 bits per heavy atom. The van der Waals surface area contributed by atoms with E-state index in [0.29, 0.717) is 18.1 Å². The van der Waals surface area contributed by atoms with Crippen molar-refractivity contribution >= 4 is 5.82 Å². The van der Waals surface area contributed by atoms with Crippen LogP contribution in [-0.2, 0) is 11.2 Å². The van der Waals surface area contributed by atoms with Crippen LogP contribution in [0.2, 0.25) is 0 Å². The number of anilines is 1. The van der Waals surface area contributed by atoms with Crippen molar-refractivity contribution in [3.63, 3.8) is 0 Å². The van der Waals surface area contributed by atoms with Crippen molar-refractivity contribution in [1.82, 2.24) is 9.97 Å². The molecule has 3 rings (SSSR count). The molecule has 2 saturated heterocycles.